The fourth-order valence-corrected chi connectivity index (χ4v) is 10.4. The van der Waals surface area contributed by atoms with Crippen LogP contribution in [0.25, 0.3) is 32.6 Å². The number of aliphatic hydroxyl groups excluding tert-OH is 1. The molecule has 0 radical (unpaired) electrons. The van der Waals surface area contributed by atoms with Crippen LogP contribution in [0.15, 0.2) is 72.5 Å². The summed E-state index contributed by atoms with van der Waals surface area (Å²) in [4.78, 5) is 70.1. The lowest BCUT2D eigenvalue weighted by molar-refractivity contribution is -0.144. The smallest absolute Gasteiger partial charge is 0.338 e. The summed E-state index contributed by atoms with van der Waals surface area (Å²) in [7, 11) is 0. The van der Waals surface area contributed by atoms with E-state index >= 15 is 0 Å². The summed E-state index contributed by atoms with van der Waals surface area (Å²) >= 11 is 1.59. The molecule has 3 N–H and O–H groups in total. The van der Waals surface area contributed by atoms with Gasteiger partial charge in [0.05, 0.1) is 45.6 Å². The molecule has 0 spiro atoms. The van der Waals surface area contributed by atoms with Gasteiger partial charge in [0.1, 0.15) is 29.8 Å². The number of thiazole rings is 1. The van der Waals surface area contributed by atoms with Crippen LogP contribution in [0.2, 0.25) is 0 Å². The Bertz CT molecular complexity index is 2590. The summed E-state index contributed by atoms with van der Waals surface area (Å²) < 4.78 is 11.9. The number of aromatic nitrogens is 3. The Labute approximate surface area is 417 Å². The zero-order chi connectivity index (χ0) is 50.0. The third-order valence-corrected chi connectivity index (χ3v) is 14.4. The predicted octanol–water partition coefficient (Wildman–Crippen LogP) is 10.7. The van der Waals surface area contributed by atoms with Crippen LogP contribution in [0.4, 0.5) is 0 Å². The van der Waals surface area contributed by atoms with E-state index in [4.69, 9.17) is 9.47 Å². The van der Waals surface area contributed by atoms with Crippen LogP contribution in [0.1, 0.15) is 158 Å². The fourth-order valence-electron chi connectivity index (χ4n) is 9.64. The third kappa shape index (κ3) is 13.8. The predicted molar refractivity (Wildman–Crippen MR) is 275 cm³/mol. The van der Waals surface area contributed by atoms with Crippen molar-refractivity contribution in [2.24, 2.45) is 5.41 Å². The Balaban J connectivity index is 0.812. The fraction of sp³-hybridized carbons (Fsp3) is 0.518. The standard InChI is InChI=1S/C56H72N6O7S/c1-36-50(70-35-60-36)39-22-20-37(21-23-39)32-57-52(65)47-30-41(63)33-62(47)53(66)51(55(2,3)4)61-48(64)19-13-11-9-8-10-12-16-28-68-42-25-27-44-46(31-42)58-34-59-49(44)40-24-26-43(54(67)69-56(5,6)7)45(29-40)38-17-14-15-18-38/h20-27,29,31,34-35,38,41,47,51,63H,8-19,28,30,32-33H2,1-7H3,(H,57,65)(H,61,64). The normalized spacial score (nSPS) is 16.9. The van der Waals surface area contributed by atoms with Gasteiger partial charge in [0.25, 0.3) is 0 Å². The first-order chi connectivity index (χ1) is 33.4. The summed E-state index contributed by atoms with van der Waals surface area (Å²) in [6.07, 6.45) is 12.3. The Morgan fingerprint density at radius 2 is 1.54 bits per heavy atom. The van der Waals surface area contributed by atoms with Crippen molar-refractivity contribution in [3.63, 3.8) is 0 Å². The minimum atomic E-state index is -0.850. The highest BCUT2D eigenvalue weighted by Gasteiger charge is 2.44. The topological polar surface area (TPSA) is 173 Å². The Hall–Kier alpha value is -5.73. The summed E-state index contributed by atoms with van der Waals surface area (Å²) in [5, 5.41) is 17.5. The number of hydrogen-bond acceptors (Lipinski definition) is 11. The van der Waals surface area contributed by atoms with E-state index < -0.39 is 29.2 Å². The number of likely N-dealkylation sites (tertiary alicyclic amines) is 1. The van der Waals surface area contributed by atoms with Crippen LogP contribution in [0.5, 0.6) is 5.75 Å². The second-order valence-electron chi connectivity index (χ2n) is 21.2. The van der Waals surface area contributed by atoms with Crippen molar-refractivity contribution >= 4 is 45.9 Å². The first kappa shape index (κ1) is 52.1. The van der Waals surface area contributed by atoms with Crippen LogP contribution in [-0.2, 0) is 25.7 Å². The van der Waals surface area contributed by atoms with Crippen LogP contribution in [0.3, 0.4) is 0 Å². The number of ether oxygens (including phenoxy) is 2. The number of aryl methyl sites for hydroxylation is 1. The second-order valence-corrected chi connectivity index (χ2v) is 22.1. The molecule has 374 valence electrons. The number of carbonyl (C=O) groups excluding carboxylic acids is 4. The molecule has 3 atom stereocenters. The van der Waals surface area contributed by atoms with Gasteiger partial charge >= 0.3 is 5.97 Å². The first-order valence-corrected chi connectivity index (χ1v) is 26.1. The molecule has 3 aromatic carbocycles. The number of unbranched alkanes of at least 4 members (excludes halogenated alkanes) is 6. The lowest BCUT2D eigenvalue weighted by atomic mass is 9.85. The van der Waals surface area contributed by atoms with Gasteiger partial charge in [-0.2, -0.15) is 0 Å². The van der Waals surface area contributed by atoms with E-state index in [1.165, 1.54) is 4.90 Å². The lowest BCUT2D eigenvalue weighted by Gasteiger charge is -2.35. The number of hydrogen-bond donors (Lipinski definition) is 3. The summed E-state index contributed by atoms with van der Waals surface area (Å²) in [6, 6.07) is 18.2. The van der Waals surface area contributed by atoms with Crippen molar-refractivity contribution in [2.45, 2.75) is 168 Å². The number of amides is 3. The number of β-amino-alcohol motifs (C(OH)–C–C–N with tert-alkyl or cyclic N) is 1. The molecule has 1 saturated heterocycles. The molecule has 1 aliphatic heterocycles. The average Bonchev–Trinajstić information content (AvgIpc) is 4.11. The van der Waals surface area contributed by atoms with E-state index in [0.29, 0.717) is 30.9 Å². The largest absolute Gasteiger partial charge is 0.494 e. The van der Waals surface area contributed by atoms with Gasteiger partial charge in [-0.05, 0) is 106 Å². The van der Waals surface area contributed by atoms with E-state index in [1.54, 1.807) is 17.7 Å². The molecule has 1 saturated carbocycles. The highest BCUT2D eigenvalue weighted by atomic mass is 32.1. The Morgan fingerprint density at radius 3 is 2.23 bits per heavy atom. The van der Waals surface area contributed by atoms with Gasteiger partial charge < -0.3 is 30.1 Å². The van der Waals surface area contributed by atoms with Crippen molar-refractivity contribution in [1.29, 1.82) is 0 Å². The minimum absolute atomic E-state index is 0.0342. The van der Waals surface area contributed by atoms with Crippen LogP contribution in [0, 0.1) is 12.3 Å². The van der Waals surface area contributed by atoms with E-state index in [9.17, 15) is 24.3 Å². The number of nitrogens with one attached hydrogen (secondary N) is 2. The number of benzene rings is 3. The van der Waals surface area contributed by atoms with E-state index in [1.807, 2.05) is 109 Å². The van der Waals surface area contributed by atoms with Crippen molar-refractivity contribution < 1.29 is 33.8 Å². The third-order valence-electron chi connectivity index (χ3n) is 13.4. The molecule has 7 rings (SSSR count). The maximum atomic E-state index is 14.0. The average molecular weight is 973 g/mol. The minimum Gasteiger partial charge on any atom is -0.494 e. The van der Waals surface area contributed by atoms with Crippen molar-refractivity contribution in [2.75, 3.05) is 13.2 Å². The van der Waals surface area contributed by atoms with Crippen molar-refractivity contribution in [3.8, 4) is 27.4 Å². The molecule has 3 unspecified atom stereocenters. The van der Waals surface area contributed by atoms with E-state index in [-0.39, 0.29) is 43.2 Å². The molecule has 2 fully saturated rings. The monoisotopic (exact) mass is 973 g/mol. The number of rotatable bonds is 20. The van der Waals surface area contributed by atoms with Gasteiger partial charge in [-0.3, -0.25) is 14.4 Å². The molecule has 0 bridgehead atoms. The molecular formula is C56H72N6O7S. The Morgan fingerprint density at radius 1 is 0.843 bits per heavy atom. The summed E-state index contributed by atoms with van der Waals surface area (Å²) in [5.41, 5.74) is 7.84. The van der Waals surface area contributed by atoms with Gasteiger partial charge in [0.2, 0.25) is 17.7 Å². The molecule has 2 aromatic heterocycles. The van der Waals surface area contributed by atoms with Gasteiger partial charge in [0, 0.05) is 42.9 Å². The molecule has 2 aliphatic rings. The van der Waals surface area contributed by atoms with Crippen LogP contribution >= 0.6 is 11.3 Å². The molecule has 3 heterocycles. The van der Waals surface area contributed by atoms with Crippen LogP contribution in [-0.4, -0.2) is 85.6 Å². The summed E-state index contributed by atoms with van der Waals surface area (Å²) in [6.45, 7) is 14.3. The molecule has 14 heteroatoms. The van der Waals surface area contributed by atoms with Crippen molar-refractivity contribution in [1.82, 2.24) is 30.5 Å². The molecule has 3 amide bonds. The second kappa shape index (κ2) is 23.5. The highest BCUT2D eigenvalue weighted by Crippen LogP contribution is 2.39. The molecular weight excluding hydrogens is 901 g/mol. The van der Waals surface area contributed by atoms with E-state index in [2.05, 4.69) is 31.7 Å². The van der Waals surface area contributed by atoms with Gasteiger partial charge in [-0.15, -0.1) is 11.3 Å². The number of aliphatic hydroxyl groups is 1. The van der Waals surface area contributed by atoms with Gasteiger partial charge in [-0.1, -0.05) is 96.0 Å². The zero-order valence-corrected chi connectivity index (χ0v) is 43.0. The lowest BCUT2D eigenvalue weighted by Crippen LogP contribution is -2.57. The quantitative estimate of drug-likeness (QED) is 0.0503. The number of nitrogens with zero attached hydrogens (tertiary/aromatic N) is 4. The maximum Gasteiger partial charge on any atom is 0.338 e. The van der Waals surface area contributed by atoms with E-state index in [0.717, 1.165) is 119 Å². The Kier molecular flexibility index (Phi) is 17.5. The molecule has 70 heavy (non-hydrogen) atoms. The summed E-state index contributed by atoms with van der Waals surface area (Å²) in [5.74, 6) is -0.0854. The molecule has 5 aromatic rings. The number of esters is 1. The van der Waals surface area contributed by atoms with Crippen LogP contribution < -0.4 is 15.4 Å². The van der Waals surface area contributed by atoms with Gasteiger partial charge in [0.15, 0.2) is 0 Å². The van der Waals surface area contributed by atoms with Gasteiger partial charge in [-0.25, -0.2) is 19.7 Å². The van der Waals surface area contributed by atoms with Crippen molar-refractivity contribution in [3.05, 3.63) is 94.9 Å². The number of carbonyl (C=O) groups is 4. The molecule has 1 aliphatic carbocycles. The molecule has 13 nitrogen and oxygen atoms in total. The maximum absolute atomic E-state index is 14.0. The number of fused-ring (bicyclic) bond motifs is 1. The zero-order valence-electron chi connectivity index (χ0n) is 42.1. The highest BCUT2D eigenvalue weighted by molar-refractivity contribution is 7.13. The SMILES string of the molecule is Cc1ncsc1-c1ccc(CNC(=O)C2CC(O)CN2C(=O)C(NC(=O)CCCCCCCCCOc2ccc3c(-c4ccc(C(=O)OC(C)(C)C)c(C5CCCC5)c4)ncnc3c2)C(C)(C)C)cc1. The first-order valence-electron chi connectivity index (χ1n) is 25.3.